The lowest BCUT2D eigenvalue weighted by atomic mass is 10.2. The van der Waals surface area contributed by atoms with E-state index >= 15 is 0 Å². The van der Waals surface area contributed by atoms with Gasteiger partial charge in [0, 0.05) is 18.3 Å². The highest BCUT2D eigenvalue weighted by molar-refractivity contribution is 5.69. The van der Waals surface area contributed by atoms with Gasteiger partial charge in [0.15, 0.2) is 5.82 Å². The van der Waals surface area contributed by atoms with Crippen LogP contribution in [-0.2, 0) is 24.2 Å². The summed E-state index contributed by atoms with van der Waals surface area (Å²) in [6, 6.07) is 5.73. The fourth-order valence-electron chi connectivity index (χ4n) is 1.67. The van der Waals surface area contributed by atoms with Crippen LogP contribution in [0.25, 0.3) is 0 Å². The van der Waals surface area contributed by atoms with Crippen LogP contribution in [0, 0.1) is 5.92 Å². The molecular formula is C12H15N5O2. The molecule has 1 N–H and O–H groups in total. The molecule has 2 aromatic rings. The summed E-state index contributed by atoms with van der Waals surface area (Å²) >= 11 is 0. The maximum Gasteiger partial charge on any atom is 0.308 e. The molecule has 0 radical (unpaired) electrons. The van der Waals surface area contributed by atoms with E-state index in [-0.39, 0.29) is 6.54 Å². The molecule has 7 heteroatoms. The summed E-state index contributed by atoms with van der Waals surface area (Å²) in [7, 11) is 0. The normalized spacial score (nSPS) is 12.3. The van der Waals surface area contributed by atoms with Gasteiger partial charge in [-0.3, -0.25) is 9.78 Å². The first-order valence-electron chi connectivity index (χ1n) is 6.04. The molecule has 0 saturated heterocycles. The van der Waals surface area contributed by atoms with E-state index in [0.717, 1.165) is 12.1 Å². The Labute approximate surface area is 110 Å². The monoisotopic (exact) mass is 261 g/mol. The second kappa shape index (κ2) is 6.03. The number of hydrogen-bond acceptors (Lipinski definition) is 5. The van der Waals surface area contributed by atoms with Gasteiger partial charge in [-0.1, -0.05) is 13.0 Å². The topological polar surface area (TPSA) is 93.8 Å². The molecule has 19 heavy (non-hydrogen) atoms. The van der Waals surface area contributed by atoms with Crippen molar-refractivity contribution in [3.05, 3.63) is 35.9 Å². The highest BCUT2D eigenvalue weighted by Crippen LogP contribution is 2.05. The minimum Gasteiger partial charge on any atom is -0.481 e. The Morgan fingerprint density at radius 2 is 2.26 bits per heavy atom. The molecule has 0 spiro atoms. The van der Waals surface area contributed by atoms with Crippen molar-refractivity contribution in [2.45, 2.75) is 26.3 Å². The van der Waals surface area contributed by atoms with Crippen molar-refractivity contribution in [2.24, 2.45) is 5.92 Å². The third-order valence-corrected chi connectivity index (χ3v) is 2.81. The van der Waals surface area contributed by atoms with E-state index in [0.29, 0.717) is 12.2 Å². The molecule has 7 nitrogen and oxygen atoms in total. The lowest BCUT2D eigenvalue weighted by Gasteiger charge is -2.07. The highest BCUT2D eigenvalue weighted by atomic mass is 16.4. The minimum absolute atomic E-state index is 0.278. The summed E-state index contributed by atoms with van der Waals surface area (Å²) in [4.78, 5) is 15.0. The number of carboxylic acids is 1. The van der Waals surface area contributed by atoms with Gasteiger partial charge >= 0.3 is 5.97 Å². The van der Waals surface area contributed by atoms with E-state index in [2.05, 4.69) is 20.5 Å². The average Bonchev–Trinajstić information content (AvgIpc) is 2.85. The molecule has 1 unspecified atom stereocenters. The summed E-state index contributed by atoms with van der Waals surface area (Å²) in [5.41, 5.74) is 0.961. The molecule has 0 amide bonds. The number of hydrogen-bond donors (Lipinski definition) is 1. The molecule has 0 fully saturated rings. The first kappa shape index (κ1) is 13.1. The number of pyridine rings is 1. The number of carbonyl (C=O) groups is 1. The van der Waals surface area contributed by atoms with Gasteiger partial charge in [0.05, 0.1) is 12.5 Å². The Morgan fingerprint density at radius 3 is 2.95 bits per heavy atom. The molecule has 0 aromatic carbocycles. The van der Waals surface area contributed by atoms with Crippen molar-refractivity contribution in [1.29, 1.82) is 0 Å². The van der Waals surface area contributed by atoms with Gasteiger partial charge in [0.1, 0.15) is 0 Å². The summed E-state index contributed by atoms with van der Waals surface area (Å²) in [5.74, 6) is -0.693. The molecule has 0 saturated carbocycles. The molecule has 0 aliphatic heterocycles. The first-order valence-corrected chi connectivity index (χ1v) is 6.04. The van der Waals surface area contributed by atoms with Gasteiger partial charge in [-0.05, 0) is 29.0 Å². The van der Waals surface area contributed by atoms with E-state index in [4.69, 9.17) is 5.11 Å². The Kier molecular flexibility index (Phi) is 4.17. The number of aryl methyl sites for hydroxylation is 2. The second-order valence-corrected chi connectivity index (χ2v) is 4.34. The van der Waals surface area contributed by atoms with E-state index in [1.807, 2.05) is 18.2 Å². The third kappa shape index (κ3) is 3.57. The zero-order chi connectivity index (χ0) is 13.7. The van der Waals surface area contributed by atoms with Crippen LogP contribution in [0.5, 0.6) is 0 Å². The summed E-state index contributed by atoms with van der Waals surface area (Å²) in [5, 5.41) is 20.2. The average molecular weight is 261 g/mol. The Bertz CT molecular complexity index is 540. The van der Waals surface area contributed by atoms with Crippen LogP contribution in [-0.4, -0.2) is 36.3 Å². The molecule has 2 heterocycles. The van der Waals surface area contributed by atoms with Crippen molar-refractivity contribution >= 4 is 5.97 Å². The Morgan fingerprint density at radius 1 is 1.42 bits per heavy atom. The van der Waals surface area contributed by atoms with Gasteiger partial charge in [-0.15, -0.1) is 5.10 Å². The van der Waals surface area contributed by atoms with E-state index in [1.165, 1.54) is 0 Å². The summed E-state index contributed by atoms with van der Waals surface area (Å²) in [6.45, 7) is 1.91. The van der Waals surface area contributed by atoms with Crippen LogP contribution in [0.2, 0.25) is 0 Å². The largest absolute Gasteiger partial charge is 0.481 e. The predicted molar refractivity (Wildman–Crippen MR) is 66.3 cm³/mol. The van der Waals surface area contributed by atoms with E-state index in [1.54, 1.807) is 17.8 Å². The first-order chi connectivity index (χ1) is 9.16. The number of nitrogens with zero attached hydrogens (tertiary/aromatic N) is 5. The SMILES string of the molecule is CC(Cn1nnnc1CCc1ccccn1)C(=O)O. The Hall–Kier alpha value is -2.31. The zero-order valence-electron chi connectivity index (χ0n) is 10.6. The van der Waals surface area contributed by atoms with Crippen LogP contribution in [0.3, 0.4) is 0 Å². The molecular weight excluding hydrogens is 246 g/mol. The molecule has 2 aromatic heterocycles. The van der Waals surface area contributed by atoms with Crippen molar-refractivity contribution in [3.63, 3.8) is 0 Å². The number of rotatable bonds is 6. The van der Waals surface area contributed by atoms with Gasteiger partial charge < -0.3 is 5.11 Å². The number of carboxylic acid groups (broad SMARTS) is 1. The highest BCUT2D eigenvalue weighted by Gasteiger charge is 2.15. The zero-order valence-corrected chi connectivity index (χ0v) is 10.6. The maximum atomic E-state index is 10.8. The quantitative estimate of drug-likeness (QED) is 0.817. The standard InChI is InChI=1S/C12H15N5O2/c1-9(12(18)19)8-17-11(14-15-16-17)6-5-10-4-2-3-7-13-10/h2-4,7,9H,5-6,8H2,1H3,(H,18,19). The van der Waals surface area contributed by atoms with Crippen molar-refractivity contribution in [3.8, 4) is 0 Å². The number of tetrazole rings is 1. The fraction of sp³-hybridized carbons (Fsp3) is 0.417. The van der Waals surface area contributed by atoms with Gasteiger partial charge in [0.25, 0.3) is 0 Å². The van der Waals surface area contributed by atoms with Gasteiger partial charge in [0.2, 0.25) is 0 Å². The van der Waals surface area contributed by atoms with Gasteiger partial charge in [-0.2, -0.15) is 0 Å². The van der Waals surface area contributed by atoms with Crippen LogP contribution in [0.15, 0.2) is 24.4 Å². The predicted octanol–water partition coefficient (Wildman–Crippen LogP) is 0.574. The van der Waals surface area contributed by atoms with Crippen molar-refractivity contribution in [1.82, 2.24) is 25.2 Å². The number of aliphatic carboxylic acids is 1. The molecule has 0 aliphatic rings. The molecule has 100 valence electrons. The van der Waals surface area contributed by atoms with Crippen LogP contribution >= 0.6 is 0 Å². The minimum atomic E-state index is -0.855. The van der Waals surface area contributed by atoms with Crippen LogP contribution in [0.4, 0.5) is 0 Å². The molecule has 0 bridgehead atoms. The lowest BCUT2D eigenvalue weighted by molar-refractivity contribution is -0.141. The number of aromatic nitrogens is 5. The molecule has 0 aliphatic carbocycles. The second-order valence-electron chi connectivity index (χ2n) is 4.34. The smallest absolute Gasteiger partial charge is 0.308 e. The van der Waals surface area contributed by atoms with Gasteiger partial charge in [-0.25, -0.2) is 4.68 Å². The van der Waals surface area contributed by atoms with Crippen LogP contribution < -0.4 is 0 Å². The lowest BCUT2D eigenvalue weighted by Crippen LogP contribution is -2.19. The van der Waals surface area contributed by atoms with Crippen LogP contribution in [0.1, 0.15) is 18.4 Å². The molecule has 2 rings (SSSR count). The third-order valence-electron chi connectivity index (χ3n) is 2.81. The maximum absolute atomic E-state index is 10.8. The van der Waals surface area contributed by atoms with E-state index in [9.17, 15) is 4.79 Å². The Balaban J connectivity index is 1.98. The van der Waals surface area contributed by atoms with Crippen molar-refractivity contribution in [2.75, 3.05) is 0 Å². The fourth-order valence-corrected chi connectivity index (χ4v) is 1.67. The molecule has 1 atom stereocenters. The van der Waals surface area contributed by atoms with Crippen molar-refractivity contribution < 1.29 is 9.90 Å². The van der Waals surface area contributed by atoms with E-state index < -0.39 is 11.9 Å². The summed E-state index contributed by atoms with van der Waals surface area (Å²) in [6.07, 6.45) is 3.10. The summed E-state index contributed by atoms with van der Waals surface area (Å²) < 4.78 is 1.54.